The fraction of sp³-hybridized carbons (Fsp3) is 0.938. The molecule has 1 heterocycles. The molecule has 2 aliphatic rings. The molecule has 0 spiro atoms. The number of aliphatic carboxylic acids is 1. The number of carbonyl (C=O) groups is 1. The van der Waals surface area contributed by atoms with E-state index in [4.69, 9.17) is 0 Å². The maximum atomic E-state index is 11.6. The maximum absolute atomic E-state index is 11.6. The first-order valence-electron chi connectivity index (χ1n) is 7.96. The van der Waals surface area contributed by atoms with Gasteiger partial charge in [0, 0.05) is 12.6 Å². The fourth-order valence-corrected chi connectivity index (χ4v) is 4.26. The Balaban J connectivity index is 2.06. The molecule has 4 unspecified atom stereocenters. The Morgan fingerprint density at radius 1 is 1.37 bits per heavy atom. The first kappa shape index (κ1) is 14.8. The van der Waals surface area contributed by atoms with E-state index in [1.54, 1.807) is 0 Å². The molecule has 110 valence electrons. The lowest BCUT2D eigenvalue weighted by molar-refractivity contribution is -0.154. The molecule has 1 saturated carbocycles. The summed E-state index contributed by atoms with van der Waals surface area (Å²) in [7, 11) is 0. The van der Waals surface area contributed by atoms with Gasteiger partial charge >= 0.3 is 5.97 Å². The average Bonchev–Trinajstić information content (AvgIpc) is 2.38. The Morgan fingerprint density at radius 3 is 2.68 bits per heavy atom. The van der Waals surface area contributed by atoms with Crippen molar-refractivity contribution in [2.45, 2.75) is 65.3 Å². The minimum Gasteiger partial charge on any atom is -0.481 e. The first-order chi connectivity index (χ1) is 8.98. The normalized spacial score (nSPS) is 41.1. The average molecular weight is 267 g/mol. The number of nitrogens with zero attached hydrogens (tertiary/aromatic N) is 1. The molecule has 0 amide bonds. The van der Waals surface area contributed by atoms with Crippen LogP contribution in [0.15, 0.2) is 0 Å². The molecule has 0 aromatic carbocycles. The molecule has 2 rings (SSSR count). The smallest absolute Gasteiger partial charge is 0.310 e. The Morgan fingerprint density at radius 2 is 2.11 bits per heavy atom. The highest BCUT2D eigenvalue weighted by Crippen LogP contribution is 2.39. The Bertz CT molecular complexity index is 331. The third kappa shape index (κ3) is 2.96. The van der Waals surface area contributed by atoms with Crippen LogP contribution in [-0.2, 0) is 4.79 Å². The Labute approximate surface area is 117 Å². The van der Waals surface area contributed by atoms with E-state index in [2.05, 4.69) is 18.7 Å². The van der Waals surface area contributed by atoms with Gasteiger partial charge in [0.05, 0.1) is 5.41 Å². The third-order valence-electron chi connectivity index (χ3n) is 5.59. The molecule has 0 aromatic heterocycles. The van der Waals surface area contributed by atoms with E-state index in [-0.39, 0.29) is 0 Å². The number of carboxylic acid groups (broad SMARTS) is 1. The third-order valence-corrected chi connectivity index (χ3v) is 5.59. The second kappa shape index (κ2) is 5.82. The van der Waals surface area contributed by atoms with Gasteiger partial charge in [-0.2, -0.15) is 0 Å². The van der Waals surface area contributed by atoms with Gasteiger partial charge in [0.1, 0.15) is 0 Å². The lowest BCUT2D eigenvalue weighted by atomic mass is 9.74. The summed E-state index contributed by atoms with van der Waals surface area (Å²) in [6.07, 6.45) is 6.51. The van der Waals surface area contributed by atoms with Crippen LogP contribution in [0.25, 0.3) is 0 Å². The van der Waals surface area contributed by atoms with E-state index in [1.165, 1.54) is 19.3 Å². The first-order valence-corrected chi connectivity index (χ1v) is 7.96. The molecule has 3 heteroatoms. The van der Waals surface area contributed by atoms with Gasteiger partial charge in [-0.3, -0.25) is 9.69 Å². The summed E-state index contributed by atoms with van der Waals surface area (Å²) in [6.45, 7) is 8.59. The van der Waals surface area contributed by atoms with Gasteiger partial charge in [0.15, 0.2) is 0 Å². The van der Waals surface area contributed by atoms with E-state index in [0.29, 0.717) is 12.0 Å². The zero-order chi connectivity index (χ0) is 14.0. The van der Waals surface area contributed by atoms with Gasteiger partial charge in [-0.15, -0.1) is 0 Å². The summed E-state index contributed by atoms with van der Waals surface area (Å²) in [4.78, 5) is 14.1. The second-order valence-electron chi connectivity index (χ2n) is 6.98. The highest BCUT2D eigenvalue weighted by molar-refractivity contribution is 5.75. The SMILES string of the molecule is CCC1(C(=O)O)CCCN(C2CCC(C)CC2C)C1. The summed E-state index contributed by atoms with van der Waals surface area (Å²) < 4.78 is 0. The lowest BCUT2D eigenvalue weighted by Crippen LogP contribution is -2.53. The highest BCUT2D eigenvalue weighted by atomic mass is 16.4. The van der Waals surface area contributed by atoms with Crippen LogP contribution in [0.2, 0.25) is 0 Å². The standard InChI is InChI=1S/C16H29NO2/c1-4-16(15(18)19)8-5-9-17(11-16)14-7-6-12(2)10-13(14)3/h12-14H,4-11H2,1-3H3,(H,18,19). The van der Waals surface area contributed by atoms with Crippen LogP contribution in [-0.4, -0.2) is 35.1 Å². The van der Waals surface area contributed by atoms with Crippen molar-refractivity contribution in [3.63, 3.8) is 0 Å². The van der Waals surface area contributed by atoms with Crippen molar-refractivity contribution < 1.29 is 9.90 Å². The van der Waals surface area contributed by atoms with Gasteiger partial charge in [-0.1, -0.05) is 20.8 Å². The van der Waals surface area contributed by atoms with Crippen LogP contribution >= 0.6 is 0 Å². The summed E-state index contributed by atoms with van der Waals surface area (Å²) >= 11 is 0. The summed E-state index contributed by atoms with van der Waals surface area (Å²) in [6, 6.07) is 0.613. The molecule has 1 N–H and O–H groups in total. The molecule has 0 bridgehead atoms. The van der Waals surface area contributed by atoms with Crippen molar-refractivity contribution in [3.8, 4) is 0 Å². The monoisotopic (exact) mass is 267 g/mol. The molecule has 19 heavy (non-hydrogen) atoms. The molecule has 0 radical (unpaired) electrons. The largest absolute Gasteiger partial charge is 0.481 e. The molecule has 4 atom stereocenters. The van der Waals surface area contributed by atoms with E-state index < -0.39 is 11.4 Å². The van der Waals surface area contributed by atoms with E-state index in [0.717, 1.165) is 38.3 Å². The van der Waals surface area contributed by atoms with Crippen LogP contribution in [0.3, 0.4) is 0 Å². The fourth-order valence-electron chi connectivity index (χ4n) is 4.26. The Kier molecular flexibility index (Phi) is 4.54. The minimum absolute atomic E-state index is 0.485. The van der Waals surface area contributed by atoms with E-state index in [1.807, 2.05) is 6.92 Å². The quantitative estimate of drug-likeness (QED) is 0.852. The summed E-state index contributed by atoms with van der Waals surface area (Å²) in [5, 5.41) is 9.59. The second-order valence-corrected chi connectivity index (χ2v) is 6.98. The van der Waals surface area contributed by atoms with Gasteiger partial charge in [0.2, 0.25) is 0 Å². The molecule has 1 saturated heterocycles. The molecule has 3 nitrogen and oxygen atoms in total. The predicted octanol–water partition coefficient (Wildman–Crippen LogP) is 3.39. The predicted molar refractivity (Wildman–Crippen MR) is 77.1 cm³/mol. The van der Waals surface area contributed by atoms with Crippen molar-refractivity contribution in [1.29, 1.82) is 0 Å². The number of carboxylic acids is 1. The number of likely N-dealkylation sites (tertiary alicyclic amines) is 1. The van der Waals surface area contributed by atoms with E-state index >= 15 is 0 Å². The zero-order valence-corrected chi connectivity index (χ0v) is 12.7. The van der Waals surface area contributed by atoms with Gasteiger partial charge in [-0.05, 0) is 56.9 Å². The van der Waals surface area contributed by atoms with Crippen molar-refractivity contribution in [1.82, 2.24) is 4.90 Å². The number of hydrogen-bond donors (Lipinski definition) is 1. The van der Waals surface area contributed by atoms with Crippen molar-refractivity contribution >= 4 is 5.97 Å². The zero-order valence-electron chi connectivity index (χ0n) is 12.7. The van der Waals surface area contributed by atoms with Crippen molar-refractivity contribution in [3.05, 3.63) is 0 Å². The topological polar surface area (TPSA) is 40.5 Å². The van der Waals surface area contributed by atoms with Gasteiger partial charge < -0.3 is 5.11 Å². The van der Waals surface area contributed by atoms with Gasteiger partial charge in [0.25, 0.3) is 0 Å². The highest BCUT2D eigenvalue weighted by Gasteiger charge is 2.43. The van der Waals surface area contributed by atoms with Crippen molar-refractivity contribution in [2.75, 3.05) is 13.1 Å². The van der Waals surface area contributed by atoms with Crippen LogP contribution in [0.1, 0.15) is 59.3 Å². The molecule has 1 aliphatic heterocycles. The molecular weight excluding hydrogens is 238 g/mol. The summed E-state index contributed by atoms with van der Waals surface area (Å²) in [5.41, 5.74) is -0.485. The van der Waals surface area contributed by atoms with E-state index in [9.17, 15) is 9.90 Å². The lowest BCUT2D eigenvalue weighted by Gasteiger charge is -2.47. The number of hydrogen-bond acceptors (Lipinski definition) is 2. The van der Waals surface area contributed by atoms with Crippen LogP contribution in [0.5, 0.6) is 0 Å². The van der Waals surface area contributed by atoms with Crippen molar-refractivity contribution in [2.24, 2.45) is 17.3 Å². The van der Waals surface area contributed by atoms with Crippen LogP contribution in [0.4, 0.5) is 0 Å². The molecule has 0 aromatic rings. The number of rotatable bonds is 3. The number of piperidine rings is 1. The van der Waals surface area contributed by atoms with Gasteiger partial charge in [-0.25, -0.2) is 0 Å². The Hall–Kier alpha value is -0.570. The van der Waals surface area contributed by atoms with Crippen LogP contribution < -0.4 is 0 Å². The molecule has 2 fully saturated rings. The minimum atomic E-state index is -0.587. The summed E-state index contributed by atoms with van der Waals surface area (Å²) in [5.74, 6) is 0.966. The van der Waals surface area contributed by atoms with Crippen LogP contribution in [0, 0.1) is 17.3 Å². The maximum Gasteiger partial charge on any atom is 0.310 e. The molecule has 1 aliphatic carbocycles. The molecular formula is C16H29NO2.